The molecular formula is C12H8F5N7. The Morgan fingerprint density at radius 1 is 1.08 bits per heavy atom. The molecule has 3 aromatic heterocycles. The van der Waals surface area contributed by atoms with Crippen LogP contribution < -0.4 is 5.73 Å². The van der Waals surface area contributed by atoms with Crippen molar-refractivity contribution in [3.05, 3.63) is 36.4 Å². The van der Waals surface area contributed by atoms with Gasteiger partial charge in [-0.25, -0.2) is 14.6 Å². The minimum Gasteiger partial charge on any atom is -0.383 e. The Morgan fingerprint density at radius 3 is 2.29 bits per heavy atom. The Kier molecular flexibility index (Phi) is 3.66. The summed E-state index contributed by atoms with van der Waals surface area (Å²) in [6.07, 6.45) is -1.45. The third-order valence-corrected chi connectivity index (χ3v) is 3.00. The van der Waals surface area contributed by atoms with Crippen LogP contribution in [0.25, 0.3) is 17.2 Å². The molecule has 0 aliphatic rings. The quantitative estimate of drug-likeness (QED) is 0.737. The molecule has 3 rings (SSSR count). The number of hydrogen-bond acceptors (Lipinski definition) is 5. The second kappa shape index (κ2) is 5.54. The van der Waals surface area contributed by atoms with Gasteiger partial charge in [-0.1, -0.05) is 0 Å². The highest BCUT2D eigenvalue weighted by molar-refractivity contribution is 5.75. The third-order valence-electron chi connectivity index (χ3n) is 3.00. The fraction of sp³-hybridized carbons (Fsp3) is 0.167. The molecule has 0 aliphatic carbocycles. The molecule has 0 spiro atoms. The summed E-state index contributed by atoms with van der Waals surface area (Å²) in [4.78, 5) is 7.54. The Morgan fingerprint density at radius 2 is 1.75 bits per heavy atom. The maximum atomic E-state index is 13.3. The smallest absolute Gasteiger partial charge is 0.383 e. The molecule has 126 valence electrons. The van der Waals surface area contributed by atoms with E-state index in [1.807, 2.05) is 0 Å². The average molecular weight is 345 g/mol. The first-order valence-corrected chi connectivity index (χ1v) is 6.36. The minimum absolute atomic E-state index is 0.194. The van der Waals surface area contributed by atoms with Crippen LogP contribution in [-0.4, -0.2) is 29.5 Å². The molecule has 3 heterocycles. The number of nitrogens with zero attached hydrogens (tertiary/aromatic N) is 6. The summed E-state index contributed by atoms with van der Waals surface area (Å²) in [5.41, 5.74) is 3.36. The molecule has 0 saturated carbocycles. The van der Waals surface area contributed by atoms with Crippen molar-refractivity contribution >= 4 is 5.82 Å². The zero-order valence-corrected chi connectivity index (χ0v) is 11.6. The molecule has 0 saturated heterocycles. The Bertz CT molecular complexity index is 853. The van der Waals surface area contributed by atoms with Crippen LogP contribution in [0.15, 0.2) is 30.7 Å². The summed E-state index contributed by atoms with van der Waals surface area (Å²) >= 11 is 0. The molecule has 0 aromatic carbocycles. The lowest BCUT2D eigenvalue weighted by Crippen LogP contribution is -2.09. The van der Waals surface area contributed by atoms with Crippen LogP contribution in [0.5, 0.6) is 0 Å². The number of halogens is 5. The van der Waals surface area contributed by atoms with Crippen LogP contribution in [0.2, 0.25) is 0 Å². The van der Waals surface area contributed by atoms with Gasteiger partial charge in [-0.15, -0.1) is 0 Å². The number of nitrogens with two attached hydrogens (primary N) is 1. The minimum atomic E-state index is -4.88. The second-order valence-electron chi connectivity index (χ2n) is 4.53. The van der Waals surface area contributed by atoms with Crippen LogP contribution in [0.3, 0.4) is 0 Å². The highest BCUT2D eigenvalue weighted by Crippen LogP contribution is 2.39. The Labute approximate surface area is 130 Å². The van der Waals surface area contributed by atoms with E-state index in [1.165, 1.54) is 18.5 Å². The summed E-state index contributed by atoms with van der Waals surface area (Å²) in [5.74, 6) is -0.659. The highest BCUT2D eigenvalue weighted by Gasteiger charge is 2.40. The van der Waals surface area contributed by atoms with E-state index in [0.717, 1.165) is 12.3 Å². The van der Waals surface area contributed by atoms with Gasteiger partial charge < -0.3 is 5.73 Å². The van der Waals surface area contributed by atoms with Crippen molar-refractivity contribution in [2.75, 3.05) is 5.73 Å². The summed E-state index contributed by atoms with van der Waals surface area (Å²) in [6, 6.07) is 2.45. The average Bonchev–Trinajstić information content (AvgIpc) is 3.12. The maximum absolute atomic E-state index is 13.3. The molecule has 0 unspecified atom stereocenters. The zero-order valence-electron chi connectivity index (χ0n) is 11.6. The van der Waals surface area contributed by atoms with Crippen LogP contribution in [0.1, 0.15) is 12.2 Å². The number of aromatic nitrogens is 6. The third kappa shape index (κ3) is 2.66. The predicted molar refractivity (Wildman–Crippen MR) is 71.0 cm³/mol. The van der Waals surface area contributed by atoms with Crippen molar-refractivity contribution in [2.24, 2.45) is 0 Å². The molecule has 0 radical (unpaired) electrons. The first kappa shape index (κ1) is 15.8. The molecule has 0 bridgehead atoms. The van der Waals surface area contributed by atoms with Crippen LogP contribution in [0.4, 0.5) is 27.8 Å². The van der Waals surface area contributed by atoms with E-state index in [1.54, 1.807) is 0 Å². The molecule has 0 aliphatic heterocycles. The van der Waals surface area contributed by atoms with E-state index in [-0.39, 0.29) is 16.3 Å². The van der Waals surface area contributed by atoms with Crippen molar-refractivity contribution in [1.29, 1.82) is 0 Å². The normalized spacial score (nSPS) is 12.1. The molecular weight excluding hydrogens is 337 g/mol. The van der Waals surface area contributed by atoms with Gasteiger partial charge in [0.15, 0.2) is 5.69 Å². The van der Waals surface area contributed by atoms with Crippen molar-refractivity contribution in [2.45, 2.75) is 12.7 Å². The fourth-order valence-corrected chi connectivity index (χ4v) is 2.02. The number of anilines is 1. The molecule has 2 N–H and O–H groups in total. The van der Waals surface area contributed by atoms with Crippen molar-refractivity contribution < 1.29 is 22.0 Å². The lowest BCUT2D eigenvalue weighted by molar-refractivity contribution is -0.140. The van der Waals surface area contributed by atoms with Gasteiger partial charge >= 0.3 is 12.7 Å². The van der Waals surface area contributed by atoms with Crippen LogP contribution >= 0.6 is 0 Å². The van der Waals surface area contributed by atoms with Gasteiger partial charge in [-0.05, 0) is 12.1 Å². The summed E-state index contributed by atoms with van der Waals surface area (Å²) in [6.45, 7) is -3.00. The molecule has 7 nitrogen and oxygen atoms in total. The standard InChI is InChI=1S/C12H8F5N7/c13-10(14)23-5-2-6(21-23)7-8(12(15,16)17)22-24(9(7)18)11-19-3-1-4-20-11/h1-5,10H,18H2. The van der Waals surface area contributed by atoms with Gasteiger partial charge in [0.25, 0.3) is 5.95 Å². The molecule has 0 amide bonds. The van der Waals surface area contributed by atoms with Gasteiger partial charge in [0.1, 0.15) is 5.82 Å². The molecule has 24 heavy (non-hydrogen) atoms. The van der Waals surface area contributed by atoms with E-state index in [4.69, 9.17) is 5.73 Å². The monoisotopic (exact) mass is 345 g/mol. The van der Waals surface area contributed by atoms with Gasteiger partial charge in [-0.2, -0.15) is 36.8 Å². The second-order valence-corrected chi connectivity index (χ2v) is 4.53. The number of nitrogen functional groups attached to an aromatic ring is 1. The van der Waals surface area contributed by atoms with Gasteiger partial charge in [0.2, 0.25) is 0 Å². The van der Waals surface area contributed by atoms with E-state index in [2.05, 4.69) is 20.2 Å². The van der Waals surface area contributed by atoms with E-state index >= 15 is 0 Å². The lowest BCUT2D eigenvalue weighted by atomic mass is 10.1. The SMILES string of the molecule is Nc1c(-c2ccn(C(F)F)n2)c(C(F)(F)F)nn1-c1ncccn1. The maximum Gasteiger partial charge on any atom is 0.435 e. The van der Waals surface area contributed by atoms with Crippen molar-refractivity contribution in [3.63, 3.8) is 0 Å². The topological polar surface area (TPSA) is 87.4 Å². The Hall–Kier alpha value is -3.05. The molecule has 12 heteroatoms. The molecule has 3 aromatic rings. The molecule has 0 atom stereocenters. The number of hydrogen-bond donors (Lipinski definition) is 1. The van der Waals surface area contributed by atoms with E-state index < -0.39 is 29.8 Å². The first-order chi connectivity index (χ1) is 11.3. The van der Waals surface area contributed by atoms with E-state index in [0.29, 0.717) is 4.68 Å². The lowest BCUT2D eigenvalue weighted by Gasteiger charge is -2.04. The molecule has 0 fully saturated rings. The number of rotatable bonds is 3. The van der Waals surface area contributed by atoms with Gasteiger partial charge in [0, 0.05) is 18.6 Å². The number of alkyl halides is 5. The zero-order chi connectivity index (χ0) is 17.5. The van der Waals surface area contributed by atoms with Crippen molar-refractivity contribution in [3.8, 4) is 17.2 Å². The first-order valence-electron chi connectivity index (χ1n) is 6.36. The largest absolute Gasteiger partial charge is 0.435 e. The van der Waals surface area contributed by atoms with Crippen molar-refractivity contribution in [1.82, 2.24) is 29.5 Å². The highest BCUT2D eigenvalue weighted by atomic mass is 19.4. The van der Waals surface area contributed by atoms with Crippen LogP contribution in [0, 0.1) is 0 Å². The summed E-state index contributed by atoms with van der Waals surface area (Å²) in [7, 11) is 0. The summed E-state index contributed by atoms with van der Waals surface area (Å²) in [5, 5.41) is 6.80. The fourth-order valence-electron chi connectivity index (χ4n) is 2.02. The van der Waals surface area contributed by atoms with Crippen LogP contribution in [-0.2, 0) is 6.18 Å². The summed E-state index contributed by atoms with van der Waals surface area (Å²) < 4.78 is 65.9. The van der Waals surface area contributed by atoms with Gasteiger partial charge in [0.05, 0.1) is 11.3 Å². The Balaban J connectivity index is 2.22. The van der Waals surface area contributed by atoms with E-state index in [9.17, 15) is 22.0 Å². The van der Waals surface area contributed by atoms with Gasteiger partial charge in [-0.3, -0.25) is 0 Å². The predicted octanol–water partition coefficient (Wildman–Crippen LogP) is 2.52.